The van der Waals surface area contributed by atoms with Gasteiger partial charge in [-0.3, -0.25) is 0 Å². The second-order valence-electron chi connectivity index (χ2n) is 4.50. The number of rotatable bonds is 7. The van der Waals surface area contributed by atoms with Gasteiger partial charge in [0.25, 0.3) is 0 Å². The molecule has 2 aromatic heterocycles. The fourth-order valence-corrected chi connectivity index (χ4v) is 2.74. The molecule has 2 heterocycles. The van der Waals surface area contributed by atoms with Gasteiger partial charge in [-0.1, -0.05) is 20.3 Å². The number of hydrogen-bond acceptors (Lipinski definition) is 3. The fraction of sp³-hybridized carbons (Fsp3) is 0.500. The van der Waals surface area contributed by atoms with Gasteiger partial charge in [-0.15, -0.1) is 11.3 Å². The second-order valence-corrected chi connectivity index (χ2v) is 5.21. The molecule has 1 atom stereocenters. The molecule has 2 aromatic rings. The van der Waals surface area contributed by atoms with Crippen molar-refractivity contribution in [3.8, 4) is 0 Å². The van der Waals surface area contributed by atoms with Gasteiger partial charge in [-0.25, -0.2) is 4.98 Å². The number of hydrogen-bond donors (Lipinski definition) is 1. The second kappa shape index (κ2) is 6.71. The summed E-state index contributed by atoms with van der Waals surface area (Å²) in [4.78, 5) is 4.32. The summed E-state index contributed by atoms with van der Waals surface area (Å²) in [5.74, 6) is 0. The lowest BCUT2D eigenvalue weighted by Crippen LogP contribution is -2.20. The van der Waals surface area contributed by atoms with E-state index in [1.165, 1.54) is 18.4 Å². The Balaban J connectivity index is 2.03. The van der Waals surface area contributed by atoms with Crippen LogP contribution in [0.4, 0.5) is 0 Å². The van der Waals surface area contributed by atoms with Crippen LogP contribution < -0.4 is 5.32 Å². The zero-order valence-corrected chi connectivity index (χ0v) is 11.9. The lowest BCUT2D eigenvalue weighted by atomic mass is 10.1. The highest BCUT2D eigenvalue weighted by atomic mass is 32.1. The predicted molar refractivity (Wildman–Crippen MR) is 77.0 cm³/mol. The molecule has 0 aliphatic carbocycles. The van der Waals surface area contributed by atoms with Gasteiger partial charge in [-0.2, -0.15) is 0 Å². The highest BCUT2D eigenvalue weighted by Crippen LogP contribution is 2.19. The summed E-state index contributed by atoms with van der Waals surface area (Å²) in [6.45, 7) is 6.28. The van der Waals surface area contributed by atoms with Crippen molar-refractivity contribution in [3.05, 3.63) is 40.6 Å². The third kappa shape index (κ3) is 3.43. The van der Waals surface area contributed by atoms with Crippen molar-refractivity contribution in [2.75, 3.05) is 6.54 Å². The maximum atomic E-state index is 4.32. The first kappa shape index (κ1) is 13.3. The average Bonchev–Trinajstić information content (AvgIpc) is 3.01. The van der Waals surface area contributed by atoms with E-state index < -0.39 is 0 Å². The molecule has 0 fully saturated rings. The summed E-state index contributed by atoms with van der Waals surface area (Å²) >= 11 is 1.65. The van der Waals surface area contributed by atoms with Gasteiger partial charge in [0.1, 0.15) is 0 Å². The van der Waals surface area contributed by atoms with E-state index >= 15 is 0 Å². The van der Waals surface area contributed by atoms with Crippen LogP contribution in [0.5, 0.6) is 0 Å². The Morgan fingerprint density at radius 2 is 2.33 bits per heavy atom. The number of nitrogens with zero attached hydrogens (tertiary/aromatic N) is 2. The number of aromatic nitrogens is 2. The Labute approximate surface area is 113 Å². The van der Waals surface area contributed by atoms with Crippen LogP contribution >= 0.6 is 11.3 Å². The van der Waals surface area contributed by atoms with Crippen molar-refractivity contribution in [3.63, 3.8) is 0 Å². The molecule has 18 heavy (non-hydrogen) atoms. The van der Waals surface area contributed by atoms with Crippen LogP contribution in [0.2, 0.25) is 0 Å². The molecule has 0 radical (unpaired) electrons. The van der Waals surface area contributed by atoms with Gasteiger partial charge < -0.3 is 9.88 Å². The maximum Gasteiger partial charge on any atom is 0.0795 e. The number of nitrogens with one attached hydrogen (secondary N) is 1. The van der Waals surface area contributed by atoms with E-state index in [4.69, 9.17) is 0 Å². The summed E-state index contributed by atoms with van der Waals surface area (Å²) in [6.07, 6.45) is 6.78. The van der Waals surface area contributed by atoms with E-state index in [9.17, 15) is 0 Å². The van der Waals surface area contributed by atoms with Gasteiger partial charge >= 0.3 is 0 Å². The molecule has 98 valence electrons. The standard InChI is InChI=1S/C14H21N3S/c1-3-5-14(15-4-2)12-6-7-17(8-12)9-13-10-18-11-16-13/h6-8,10-11,14-15H,3-5,9H2,1-2H3. The molecule has 0 saturated heterocycles. The summed E-state index contributed by atoms with van der Waals surface area (Å²) in [6, 6.07) is 2.70. The minimum Gasteiger partial charge on any atom is -0.348 e. The van der Waals surface area contributed by atoms with Gasteiger partial charge in [-0.05, 0) is 24.6 Å². The zero-order valence-electron chi connectivity index (χ0n) is 11.1. The normalized spacial score (nSPS) is 12.8. The average molecular weight is 263 g/mol. The van der Waals surface area contributed by atoms with Gasteiger partial charge in [0, 0.05) is 23.8 Å². The molecule has 0 saturated carbocycles. The lowest BCUT2D eigenvalue weighted by molar-refractivity contribution is 0.508. The van der Waals surface area contributed by atoms with E-state index in [0.29, 0.717) is 6.04 Å². The first-order valence-electron chi connectivity index (χ1n) is 6.59. The van der Waals surface area contributed by atoms with Crippen LogP contribution in [-0.2, 0) is 6.54 Å². The third-order valence-electron chi connectivity index (χ3n) is 3.03. The minimum absolute atomic E-state index is 0.483. The summed E-state index contributed by atoms with van der Waals surface area (Å²) in [5.41, 5.74) is 4.41. The van der Waals surface area contributed by atoms with Gasteiger partial charge in [0.15, 0.2) is 0 Å². The van der Waals surface area contributed by atoms with Crippen molar-refractivity contribution >= 4 is 11.3 Å². The Bertz CT molecular complexity index is 441. The SMILES string of the molecule is CCCC(NCC)c1ccn(Cc2cscn2)c1. The molecule has 0 amide bonds. The topological polar surface area (TPSA) is 29.9 Å². The van der Waals surface area contributed by atoms with Gasteiger partial charge in [0.05, 0.1) is 17.7 Å². The Morgan fingerprint density at radius 1 is 1.44 bits per heavy atom. The molecule has 3 nitrogen and oxygen atoms in total. The van der Waals surface area contributed by atoms with Crippen LogP contribution in [0, 0.1) is 0 Å². The van der Waals surface area contributed by atoms with E-state index in [2.05, 4.69) is 52.6 Å². The van der Waals surface area contributed by atoms with Crippen molar-refractivity contribution in [2.24, 2.45) is 0 Å². The molecule has 1 N–H and O–H groups in total. The summed E-state index contributed by atoms with van der Waals surface area (Å²) < 4.78 is 2.21. The molecular formula is C14H21N3S. The van der Waals surface area contributed by atoms with Crippen molar-refractivity contribution in [1.29, 1.82) is 0 Å². The van der Waals surface area contributed by atoms with E-state index in [1.807, 2.05) is 5.51 Å². The zero-order chi connectivity index (χ0) is 12.8. The van der Waals surface area contributed by atoms with Crippen LogP contribution in [0.15, 0.2) is 29.4 Å². The molecule has 0 aliphatic heterocycles. The monoisotopic (exact) mass is 263 g/mol. The summed E-state index contributed by atoms with van der Waals surface area (Å²) in [7, 11) is 0. The largest absolute Gasteiger partial charge is 0.348 e. The van der Waals surface area contributed by atoms with Crippen LogP contribution in [0.3, 0.4) is 0 Å². The minimum atomic E-state index is 0.483. The number of thiazole rings is 1. The Hall–Kier alpha value is -1.13. The lowest BCUT2D eigenvalue weighted by Gasteiger charge is -2.15. The quantitative estimate of drug-likeness (QED) is 0.829. The van der Waals surface area contributed by atoms with Crippen LogP contribution in [0.25, 0.3) is 0 Å². The van der Waals surface area contributed by atoms with E-state index in [1.54, 1.807) is 11.3 Å². The van der Waals surface area contributed by atoms with E-state index in [-0.39, 0.29) is 0 Å². The smallest absolute Gasteiger partial charge is 0.0795 e. The predicted octanol–water partition coefficient (Wildman–Crippen LogP) is 3.44. The van der Waals surface area contributed by atoms with Gasteiger partial charge in [0.2, 0.25) is 0 Å². The van der Waals surface area contributed by atoms with E-state index in [0.717, 1.165) is 18.8 Å². The first-order valence-corrected chi connectivity index (χ1v) is 7.53. The molecule has 0 aliphatic rings. The molecular weight excluding hydrogens is 242 g/mol. The van der Waals surface area contributed by atoms with Crippen LogP contribution in [-0.4, -0.2) is 16.1 Å². The fourth-order valence-electron chi connectivity index (χ4n) is 2.19. The maximum absolute atomic E-state index is 4.32. The van der Waals surface area contributed by atoms with Crippen LogP contribution in [0.1, 0.15) is 44.0 Å². The molecule has 2 rings (SSSR count). The third-order valence-corrected chi connectivity index (χ3v) is 3.67. The highest BCUT2D eigenvalue weighted by molar-refractivity contribution is 7.07. The molecule has 1 unspecified atom stereocenters. The van der Waals surface area contributed by atoms with Crippen molar-refractivity contribution in [2.45, 2.75) is 39.3 Å². The molecule has 4 heteroatoms. The summed E-state index contributed by atoms with van der Waals surface area (Å²) in [5, 5.41) is 5.65. The molecule has 0 bridgehead atoms. The molecule has 0 spiro atoms. The van der Waals surface area contributed by atoms with Crippen molar-refractivity contribution < 1.29 is 0 Å². The Morgan fingerprint density at radius 3 is 3.00 bits per heavy atom. The Kier molecular flexibility index (Phi) is 4.96. The first-order chi connectivity index (χ1) is 8.83. The van der Waals surface area contributed by atoms with Crippen molar-refractivity contribution in [1.82, 2.24) is 14.9 Å². The highest BCUT2D eigenvalue weighted by Gasteiger charge is 2.10. The molecule has 0 aromatic carbocycles.